The van der Waals surface area contributed by atoms with Gasteiger partial charge in [0.05, 0.1) is 28.5 Å². The van der Waals surface area contributed by atoms with Crippen molar-refractivity contribution in [1.29, 1.82) is 0 Å². The number of carboxylic acid groups (broad SMARTS) is 1. The number of morpholine rings is 1. The molecule has 2 aromatic rings. The van der Waals surface area contributed by atoms with E-state index < -0.39 is 33.4 Å². The number of anilines is 1. The van der Waals surface area contributed by atoms with Crippen LogP contribution >= 0.6 is 11.6 Å². The summed E-state index contributed by atoms with van der Waals surface area (Å²) in [6.07, 6.45) is -3.56. The summed E-state index contributed by atoms with van der Waals surface area (Å²) in [6.45, 7) is 4.58. The maximum atomic E-state index is 13.3. The van der Waals surface area contributed by atoms with Crippen molar-refractivity contribution >= 4 is 39.2 Å². The lowest BCUT2D eigenvalue weighted by Gasteiger charge is -2.27. The second-order valence-corrected chi connectivity index (χ2v) is 10.9. The molecule has 1 aliphatic heterocycles. The molecule has 15 heteroatoms. The van der Waals surface area contributed by atoms with Crippen molar-refractivity contribution in [3.63, 3.8) is 0 Å². The van der Waals surface area contributed by atoms with Crippen molar-refractivity contribution in [3.05, 3.63) is 58.9 Å². The lowest BCUT2D eigenvalue weighted by atomic mass is 9.95. The molecule has 0 spiro atoms. The summed E-state index contributed by atoms with van der Waals surface area (Å²) < 4.78 is 77.9. The molecule has 214 valence electrons. The van der Waals surface area contributed by atoms with Crippen LogP contribution in [0.4, 0.5) is 23.2 Å². The molecule has 9 nitrogen and oxygen atoms in total. The van der Waals surface area contributed by atoms with Crippen LogP contribution in [-0.2, 0) is 29.8 Å². The Labute approximate surface area is 227 Å². The number of hydrogen-bond donors (Lipinski definition) is 3. The van der Waals surface area contributed by atoms with Crippen LogP contribution in [0.2, 0.25) is 5.02 Å². The number of benzene rings is 2. The van der Waals surface area contributed by atoms with Gasteiger partial charge >= 0.3 is 12.1 Å². The molecule has 2 aromatic carbocycles. The Balaban J connectivity index is 0.000000532. The first kappa shape index (κ1) is 30.6. The van der Waals surface area contributed by atoms with Gasteiger partial charge in [-0.15, -0.1) is 0 Å². The quantitative estimate of drug-likeness (QED) is 0.400. The standard InChI is InChI=1S/C22H25ClFN3O4S.C2HF3O2/c23-19-15-18(5-6-20(19)24)32(29,30)26-17-3-1-16(2-4-17)22(7-8-22)21(28)25-9-10-27-11-13-31-14-12-27;3-2(4,5)1(6)7/h1-6,15,26H,7-14H2,(H,25,28);(H,6,7). The third-order valence-electron chi connectivity index (χ3n) is 6.14. The predicted molar refractivity (Wildman–Crippen MR) is 134 cm³/mol. The number of hydrogen-bond acceptors (Lipinski definition) is 6. The van der Waals surface area contributed by atoms with Gasteiger partial charge in [0.15, 0.2) is 0 Å². The number of amides is 1. The summed E-state index contributed by atoms with van der Waals surface area (Å²) in [7, 11) is -3.92. The van der Waals surface area contributed by atoms with Gasteiger partial charge in [-0.2, -0.15) is 13.2 Å². The third-order valence-corrected chi connectivity index (χ3v) is 7.80. The molecule has 1 saturated heterocycles. The van der Waals surface area contributed by atoms with E-state index in [9.17, 15) is 30.8 Å². The zero-order valence-corrected chi connectivity index (χ0v) is 22.0. The second kappa shape index (κ2) is 12.5. The molecule has 0 bridgehead atoms. The van der Waals surface area contributed by atoms with Gasteiger partial charge in [0.1, 0.15) is 5.82 Å². The molecule has 1 saturated carbocycles. The molecule has 0 unspecified atom stereocenters. The average molecular weight is 596 g/mol. The Bertz CT molecular complexity index is 1280. The molecule has 1 aliphatic carbocycles. The Kier molecular flexibility index (Phi) is 9.80. The maximum Gasteiger partial charge on any atom is 0.490 e. The van der Waals surface area contributed by atoms with Gasteiger partial charge in [-0.05, 0) is 48.7 Å². The summed E-state index contributed by atoms with van der Waals surface area (Å²) in [6, 6.07) is 10.0. The molecular weight excluding hydrogens is 570 g/mol. The van der Waals surface area contributed by atoms with Crippen molar-refractivity contribution in [2.24, 2.45) is 0 Å². The van der Waals surface area contributed by atoms with Gasteiger partial charge in [-0.3, -0.25) is 14.4 Å². The summed E-state index contributed by atoms with van der Waals surface area (Å²) in [4.78, 5) is 23.8. The van der Waals surface area contributed by atoms with Crippen LogP contribution in [-0.4, -0.2) is 75.9 Å². The number of sulfonamides is 1. The zero-order chi connectivity index (χ0) is 28.8. The van der Waals surface area contributed by atoms with Crippen LogP contribution in [0.5, 0.6) is 0 Å². The number of carboxylic acids is 1. The van der Waals surface area contributed by atoms with Gasteiger partial charge < -0.3 is 15.2 Å². The summed E-state index contributed by atoms with van der Waals surface area (Å²) in [5.74, 6) is -3.44. The van der Waals surface area contributed by atoms with Crippen LogP contribution in [0.15, 0.2) is 47.4 Å². The van der Waals surface area contributed by atoms with Gasteiger partial charge in [0.2, 0.25) is 5.91 Å². The number of alkyl halides is 3. The van der Waals surface area contributed by atoms with Crippen molar-refractivity contribution in [2.45, 2.75) is 29.3 Å². The Morgan fingerprint density at radius 2 is 1.67 bits per heavy atom. The summed E-state index contributed by atoms with van der Waals surface area (Å²) >= 11 is 5.70. The number of nitrogens with one attached hydrogen (secondary N) is 2. The fraction of sp³-hybridized carbons (Fsp3) is 0.417. The summed E-state index contributed by atoms with van der Waals surface area (Å²) in [5.41, 5.74) is 0.652. The number of nitrogens with zero attached hydrogens (tertiary/aromatic N) is 1. The lowest BCUT2D eigenvalue weighted by Crippen LogP contribution is -2.43. The monoisotopic (exact) mass is 595 g/mol. The Morgan fingerprint density at radius 1 is 1.08 bits per heavy atom. The molecule has 0 aromatic heterocycles. The molecule has 1 heterocycles. The van der Waals surface area contributed by atoms with E-state index in [4.69, 9.17) is 26.2 Å². The topological polar surface area (TPSA) is 125 Å². The van der Waals surface area contributed by atoms with Crippen LogP contribution in [0.25, 0.3) is 0 Å². The number of ether oxygens (including phenoxy) is 1. The molecule has 4 rings (SSSR count). The highest BCUT2D eigenvalue weighted by molar-refractivity contribution is 7.92. The number of carbonyl (C=O) groups excluding carboxylic acids is 1. The minimum atomic E-state index is -5.08. The minimum Gasteiger partial charge on any atom is -0.475 e. The van der Waals surface area contributed by atoms with E-state index in [1.807, 2.05) is 0 Å². The van der Waals surface area contributed by atoms with Crippen LogP contribution in [0.1, 0.15) is 18.4 Å². The molecule has 39 heavy (non-hydrogen) atoms. The molecule has 0 radical (unpaired) electrons. The second-order valence-electron chi connectivity index (χ2n) is 8.85. The minimum absolute atomic E-state index is 0.0000409. The lowest BCUT2D eigenvalue weighted by molar-refractivity contribution is -0.192. The smallest absolute Gasteiger partial charge is 0.475 e. The largest absolute Gasteiger partial charge is 0.490 e. The predicted octanol–water partition coefficient (Wildman–Crippen LogP) is 3.39. The molecule has 3 N–H and O–H groups in total. The maximum absolute atomic E-state index is 13.3. The molecule has 2 fully saturated rings. The van der Waals surface area contributed by atoms with E-state index in [1.165, 1.54) is 0 Å². The normalized spacial score (nSPS) is 16.9. The van der Waals surface area contributed by atoms with E-state index in [0.29, 0.717) is 12.2 Å². The molecule has 2 aliphatic rings. The number of aliphatic carboxylic acids is 1. The van der Waals surface area contributed by atoms with Crippen molar-refractivity contribution in [3.8, 4) is 0 Å². The fourth-order valence-corrected chi connectivity index (χ4v) is 5.14. The molecular formula is C24H26ClF4N3O6S. The first-order valence-electron chi connectivity index (χ1n) is 11.7. The number of rotatable bonds is 8. The Hall–Kier alpha value is -2.94. The van der Waals surface area contributed by atoms with Gasteiger partial charge in [0.25, 0.3) is 10.0 Å². The van der Waals surface area contributed by atoms with Crippen LogP contribution in [0.3, 0.4) is 0 Å². The van der Waals surface area contributed by atoms with Crippen molar-refractivity contribution in [2.75, 3.05) is 44.1 Å². The summed E-state index contributed by atoms with van der Waals surface area (Å²) in [5, 5.41) is 9.90. The van der Waals surface area contributed by atoms with Gasteiger partial charge in [-0.1, -0.05) is 23.7 Å². The van der Waals surface area contributed by atoms with Crippen LogP contribution < -0.4 is 10.0 Å². The first-order chi connectivity index (χ1) is 18.2. The van der Waals surface area contributed by atoms with Crippen molar-refractivity contribution in [1.82, 2.24) is 10.2 Å². The van der Waals surface area contributed by atoms with E-state index in [0.717, 1.165) is 69.5 Å². The number of halogens is 5. The third kappa shape index (κ3) is 8.27. The highest BCUT2D eigenvalue weighted by atomic mass is 35.5. The Morgan fingerprint density at radius 3 is 2.18 bits per heavy atom. The SMILES string of the molecule is O=C(NCCN1CCOCC1)C1(c2ccc(NS(=O)(=O)c3ccc(F)c(Cl)c3)cc2)CC1.O=C(O)C(F)(F)F. The van der Waals surface area contributed by atoms with E-state index in [2.05, 4.69) is 14.9 Å². The van der Waals surface area contributed by atoms with Crippen molar-refractivity contribution < 1.29 is 45.4 Å². The van der Waals surface area contributed by atoms with E-state index in [1.54, 1.807) is 24.3 Å². The zero-order valence-electron chi connectivity index (χ0n) is 20.4. The van der Waals surface area contributed by atoms with E-state index in [-0.39, 0.29) is 15.8 Å². The van der Waals surface area contributed by atoms with Gasteiger partial charge in [0, 0.05) is 31.9 Å². The first-order valence-corrected chi connectivity index (χ1v) is 13.6. The number of carbonyl (C=O) groups is 2. The van der Waals surface area contributed by atoms with E-state index >= 15 is 0 Å². The molecule has 1 amide bonds. The van der Waals surface area contributed by atoms with Crippen LogP contribution in [0, 0.1) is 5.82 Å². The fourth-order valence-electron chi connectivity index (χ4n) is 3.81. The highest BCUT2D eigenvalue weighted by Crippen LogP contribution is 2.48. The van der Waals surface area contributed by atoms with Gasteiger partial charge in [-0.25, -0.2) is 17.6 Å². The average Bonchev–Trinajstić information content (AvgIpc) is 3.68. The highest BCUT2D eigenvalue weighted by Gasteiger charge is 2.51. The molecule has 0 atom stereocenters.